The van der Waals surface area contributed by atoms with Crippen LogP contribution in [0.4, 0.5) is 19.0 Å². The molecule has 226 valence electrons. The van der Waals surface area contributed by atoms with E-state index in [-0.39, 0.29) is 29.4 Å². The molecule has 44 heavy (non-hydrogen) atoms. The van der Waals surface area contributed by atoms with Crippen LogP contribution in [-0.4, -0.2) is 69.1 Å². The van der Waals surface area contributed by atoms with Gasteiger partial charge < -0.3 is 19.7 Å². The predicted molar refractivity (Wildman–Crippen MR) is 159 cm³/mol. The summed E-state index contributed by atoms with van der Waals surface area (Å²) in [4.78, 5) is 16.9. The molecule has 7 heterocycles. The van der Waals surface area contributed by atoms with Crippen molar-refractivity contribution in [3.8, 4) is 23.3 Å². The molecule has 3 atom stereocenters. The Morgan fingerprint density at radius 1 is 1.23 bits per heavy atom. The maximum atomic E-state index is 14.6. The number of H-pyrrole nitrogens is 1. The molecule has 0 aliphatic carbocycles. The molecule has 5 aromatic rings. The number of hydrogen-bond acceptors (Lipinski definition) is 10. The van der Waals surface area contributed by atoms with Gasteiger partial charge in [0.1, 0.15) is 23.3 Å². The standard InChI is InChI=1S/C30H27F3N8O2S/c1-15-9-20-19(10-36-40-20)21(23(15)30(31,32)33)24-25-18(5-7-35-24)22-26(41-11-16-3-4-17(12-41)37-16)38-28(39-27(22)44-25)42-14-29(13-34)6-2-8-43-29/h5,7,9-10,16-17,37H,2-4,6,8,11-12,14H2,1H3,(H,36,40). The van der Waals surface area contributed by atoms with Crippen molar-refractivity contribution in [3.63, 3.8) is 0 Å². The highest BCUT2D eigenvalue weighted by Crippen LogP contribution is 2.48. The number of nitrogens with zero attached hydrogens (tertiary/aromatic N) is 6. The van der Waals surface area contributed by atoms with Gasteiger partial charge in [-0.15, -0.1) is 11.3 Å². The SMILES string of the molecule is Cc1cc2[nH]ncc2c(-c2nccc3c2sc2nc(OCC4(C#N)CCCO4)nc(N4CC5CCC(C4)N5)c23)c1C(F)(F)F. The zero-order valence-corrected chi connectivity index (χ0v) is 24.5. The second-order valence-electron chi connectivity index (χ2n) is 11.8. The maximum absolute atomic E-state index is 14.6. The van der Waals surface area contributed by atoms with Crippen molar-refractivity contribution in [1.82, 2.24) is 30.5 Å². The second-order valence-corrected chi connectivity index (χ2v) is 12.8. The molecule has 2 bridgehead atoms. The van der Waals surface area contributed by atoms with E-state index >= 15 is 0 Å². The van der Waals surface area contributed by atoms with Crippen LogP contribution in [0.3, 0.4) is 0 Å². The van der Waals surface area contributed by atoms with Crippen LogP contribution >= 0.6 is 11.3 Å². The number of aryl methyl sites for hydroxylation is 1. The predicted octanol–water partition coefficient (Wildman–Crippen LogP) is 5.50. The lowest BCUT2D eigenvalue weighted by molar-refractivity contribution is -0.137. The Morgan fingerprint density at radius 3 is 2.77 bits per heavy atom. The van der Waals surface area contributed by atoms with Crippen LogP contribution in [0.2, 0.25) is 0 Å². The molecular weight excluding hydrogens is 593 g/mol. The average molecular weight is 621 g/mol. The van der Waals surface area contributed by atoms with E-state index in [0.717, 1.165) is 43.1 Å². The monoisotopic (exact) mass is 620 g/mol. The van der Waals surface area contributed by atoms with E-state index in [4.69, 9.17) is 19.4 Å². The Morgan fingerprint density at radius 2 is 2.05 bits per heavy atom. The minimum atomic E-state index is -4.61. The van der Waals surface area contributed by atoms with E-state index in [1.54, 1.807) is 6.20 Å². The second kappa shape index (κ2) is 9.98. The highest BCUT2D eigenvalue weighted by Gasteiger charge is 2.40. The van der Waals surface area contributed by atoms with Gasteiger partial charge in [-0.1, -0.05) is 0 Å². The highest BCUT2D eigenvalue weighted by atomic mass is 32.1. The molecule has 0 amide bonds. The number of piperazine rings is 1. The molecule has 0 radical (unpaired) electrons. The van der Waals surface area contributed by atoms with Gasteiger partial charge in [-0.3, -0.25) is 10.1 Å². The number of rotatable bonds is 5. The number of nitrogens with one attached hydrogen (secondary N) is 2. The Labute approximate surface area is 253 Å². The fourth-order valence-electron chi connectivity index (χ4n) is 6.96. The minimum absolute atomic E-state index is 0.0149. The Hall–Kier alpha value is -4.06. The Bertz CT molecular complexity index is 1960. The van der Waals surface area contributed by atoms with Gasteiger partial charge in [0.15, 0.2) is 5.60 Å². The molecule has 4 aromatic heterocycles. The summed E-state index contributed by atoms with van der Waals surface area (Å²) in [6.45, 7) is 3.38. The third-order valence-corrected chi connectivity index (χ3v) is 10.0. The van der Waals surface area contributed by atoms with E-state index in [2.05, 4.69) is 31.5 Å². The third kappa shape index (κ3) is 4.36. The molecule has 3 fully saturated rings. The van der Waals surface area contributed by atoms with Crippen LogP contribution in [0.5, 0.6) is 6.01 Å². The van der Waals surface area contributed by atoms with E-state index in [9.17, 15) is 18.4 Å². The molecule has 2 N–H and O–H groups in total. The molecule has 14 heteroatoms. The largest absolute Gasteiger partial charge is 0.459 e. The van der Waals surface area contributed by atoms with Crippen molar-refractivity contribution in [1.29, 1.82) is 5.26 Å². The van der Waals surface area contributed by atoms with Gasteiger partial charge in [0.2, 0.25) is 0 Å². The quantitative estimate of drug-likeness (QED) is 0.262. The average Bonchev–Trinajstić information content (AvgIpc) is 3.80. The van der Waals surface area contributed by atoms with Gasteiger partial charge in [0.25, 0.3) is 0 Å². The van der Waals surface area contributed by atoms with E-state index in [0.29, 0.717) is 51.4 Å². The fraction of sp³-hybridized carbons (Fsp3) is 0.433. The molecule has 3 aliphatic rings. The number of hydrogen-bond donors (Lipinski definition) is 2. The van der Waals surface area contributed by atoms with Crippen LogP contribution in [0.25, 0.3) is 42.5 Å². The van der Waals surface area contributed by atoms with Gasteiger partial charge in [0, 0.05) is 54.3 Å². The number of alkyl halides is 3. The number of aromatic amines is 1. The lowest BCUT2D eigenvalue weighted by atomic mass is 9.94. The third-order valence-electron chi connectivity index (χ3n) is 8.93. The van der Waals surface area contributed by atoms with Crippen LogP contribution in [0.1, 0.15) is 36.8 Å². The van der Waals surface area contributed by atoms with Crippen LogP contribution < -0.4 is 15.0 Å². The van der Waals surface area contributed by atoms with Gasteiger partial charge >= 0.3 is 12.2 Å². The number of halogens is 3. The first kappa shape index (κ1) is 27.5. The number of nitriles is 1. The number of aromatic nitrogens is 5. The molecule has 0 spiro atoms. The van der Waals surface area contributed by atoms with E-state index < -0.39 is 17.3 Å². The zero-order valence-electron chi connectivity index (χ0n) is 23.7. The number of ether oxygens (including phenoxy) is 2. The normalized spacial score (nSPS) is 23.7. The lowest BCUT2D eigenvalue weighted by Gasteiger charge is -2.34. The van der Waals surface area contributed by atoms with Crippen molar-refractivity contribution in [2.24, 2.45) is 0 Å². The summed E-state index contributed by atoms with van der Waals surface area (Å²) < 4.78 is 56.1. The summed E-state index contributed by atoms with van der Waals surface area (Å²) in [6.07, 6.45) is 1.79. The number of pyridine rings is 1. The highest BCUT2D eigenvalue weighted by molar-refractivity contribution is 7.26. The number of thiophene rings is 1. The van der Waals surface area contributed by atoms with E-state index in [1.807, 2.05) is 6.07 Å². The van der Waals surface area contributed by atoms with Crippen LogP contribution in [0.15, 0.2) is 24.5 Å². The van der Waals surface area contributed by atoms with Gasteiger partial charge in [-0.25, -0.2) is 0 Å². The maximum Gasteiger partial charge on any atom is 0.417 e. The summed E-state index contributed by atoms with van der Waals surface area (Å²) in [5, 5.41) is 22.1. The summed E-state index contributed by atoms with van der Waals surface area (Å²) in [5.74, 6) is 0.666. The van der Waals surface area contributed by atoms with Crippen LogP contribution in [0, 0.1) is 18.3 Å². The van der Waals surface area contributed by atoms with Crippen molar-refractivity contribution in [2.75, 3.05) is 31.2 Å². The Kier molecular flexibility index (Phi) is 6.23. The van der Waals surface area contributed by atoms with Gasteiger partial charge in [0.05, 0.1) is 33.1 Å². The van der Waals surface area contributed by atoms with Crippen molar-refractivity contribution in [2.45, 2.75) is 56.5 Å². The number of anilines is 1. The van der Waals surface area contributed by atoms with Crippen molar-refractivity contribution in [3.05, 3.63) is 35.7 Å². The Balaban J connectivity index is 1.34. The molecular formula is C30H27F3N8O2S. The number of benzene rings is 1. The van der Waals surface area contributed by atoms with Gasteiger partial charge in [-0.05, 0) is 50.3 Å². The fourth-order valence-corrected chi connectivity index (χ4v) is 8.11. The molecule has 8 rings (SSSR count). The van der Waals surface area contributed by atoms with Crippen molar-refractivity contribution >= 4 is 48.4 Å². The zero-order chi connectivity index (χ0) is 30.2. The molecule has 0 saturated carbocycles. The molecule has 10 nitrogen and oxygen atoms in total. The van der Waals surface area contributed by atoms with Gasteiger partial charge in [-0.2, -0.15) is 33.5 Å². The number of fused-ring (bicyclic) bond motifs is 6. The van der Waals surface area contributed by atoms with Crippen molar-refractivity contribution < 1.29 is 22.6 Å². The summed E-state index contributed by atoms with van der Waals surface area (Å²) >= 11 is 1.26. The van der Waals surface area contributed by atoms with E-state index in [1.165, 1.54) is 30.5 Å². The lowest BCUT2D eigenvalue weighted by Crippen LogP contribution is -2.51. The first-order chi connectivity index (χ1) is 21.2. The topological polar surface area (TPSA) is 125 Å². The summed E-state index contributed by atoms with van der Waals surface area (Å²) in [7, 11) is 0. The minimum Gasteiger partial charge on any atom is -0.459 e. The summed E-state index contributed by atoms with van der Waals surface area (Å²) in [6, 6.07) is 6.25. The first-order valence-corrected chi connectivity index (χ1v) is 15.4. The molecule has 3 aliphatic heterocycles. The molecule has 1 aromatic carbocycles. The first-order valence-electron chi connectivity index (χ1n) is 14.6. The molecule has 3 saturated heterocycles. The smallest absolute Gasteiger partial charge is 0.417 e. The summed E-state index contributed by atoms with van der Waals surface area (Å²) in [5.41, 5.74) is -1.02. The van der Waals surface area contributed by atoms with Crippen LogP contribution in [-0.2, 0) is 10.9 Å². The molecule has 3 unspecified atom stereocenters.